The molecule has 0 unspecified atom stereocenters. The molecular formula is C21H38O2. The Hall–Kier alpha value is -0.0800. The number of ether oxygens (including phenoxy) is 2. The first-order chi connectivity index (χ1) is 11.3. The Morgan fingerprint density at radius 3 is 1.78 bits per heavy atom. The van der Waals surface area contributed by atoms with Crippen LogP contribution in [0.15, 0.2) is 0 Å². The summed E-state index contributed by atoms with van der Waals surface area (Å²) in [6.45, 7) is 6.57. The van der Waals surface area contributed by atoms with Gasteiger partial charge in [0.2, 0.25) is 0 Å². The first-order valence-electron chi connectivity index (χ1n) is 10.5. The highest BCUT2D eigenvalue weighted by Gasteiger charge is 2.35. The Kier molecular flexibility index (Phi) is 6.83. The van der Waals surface area contributed by atoms with Crippen LogP contribution < -0.4 is 0 Å². The molecule has 2 saturated carbocycles. The average molecular weight is 323 g/mol. The smallest absolute Gasteiger partial charge is 0.160 e. The summed E-state index contributed by atoms with van der Waals surface area (Å²) in [5.74, 6) is 4.16. The monoisotopic (exact) mass is 322 g/mol. The number of hydrogen-bond donors (Lipinski definition) is 0. The minimum atomic E-state index is 0.112. The summed E-state index contributed by atoms with van der Waals surface area (Å²) in [4.78, 5) is 0. The predicted molar refractivity (Wildman–Crippen MR) is 95.3 cm³/mol. The molecule has 0 aromatic carbocycles. The second-order valence-electron chi connectivity index (χ2n) is 8.55. The van der Waals surface area contributed by atoms with E-state index >= 15 is 0 Å². The van der Waals surface area contributed by atoms with Gasteiger partial charge in [-0.3, -0.25) is 0 Å². The summed E-state index contributed by atoms with van der Waals surface area (Å²) < 4.78 is 12.4. The summed E-state index contributed by atoms with van der Waals surface area (Å²) in [6.07, 6.45) is 15.4. The lowest BCUT2D eigenvalue weighted by molar-refractivity contribution is -0.237. The zero-order valence-electron chi connectivity index (χ0n) is 15.5. The van der Waals surface area contributed by atoms with Gasteiger partial charge in [0.15, 0.2) is 6.29 Å². The first-order valence-corrected chi connectivity index (χ1v) is 10.5. The predicted octanol–water partition coefficient (Wildman–Crippen LogP) is 5.80. The SMILES string of the molecule is CCCC1CCC(C2COC(C3CCC(CC)CC3)OC2)CC1. The fourth-order valence-electron chi connectivity index (χ4n) is 5.30. The van der Waals surface area contributed by atoms with E-state index in [4.69, 9.17) is 9.47 Å². The molecule has 2 nitrogen and oxygen atoms in total. The van der Waals surface area contributed by atoms with Crippen LogP contribution in [0.5, 0.6) is 0 Å². The molecule has 3 rings (SSSR count). The second-order valence-corrected chi connectivity index (χ2v) is 8.55. The number of rotatable bonds is 5. The Labute approximate surface area is 143 Å². The topological polar surface area (TPSA) is 18.5 Å². The van der Waals surface area contributed by atoms with Crippen LogP contribution in [-0.4, -0.2) is 19.5 Å². The molecular weight excluding hydrogens is 284 g/mol. The molecule has 0 atom stereocenters. The summed E-state index contributed by atoms with van der Waals surface area (Å²) in [7, 11) is 0. The van der Waals surface area contributed by atoms with Gasteiger partial charge >= 0.3 is 0 Å². The van der Waals surface area contributed by atoms with Crippen molar-refractivity contribution in [2.75, 3.05) is 13.2 Å². The maximum Gasteiger partial charge on any atom is 0.160 e. The van der Waals surface area contributed by atoms with Crippen molar-refractivity contribution in [3.8, 4) is 0 Å². The van der Waals surface area contributed by atoms with Crippen LogP contribution in [0.2, 0.25) is 0 Å². The normalized spacial score (nSPS) is 42.5. The molecule has 0 bridgehead atoms. The molecule has 2 heteroatoms. The van der Waals surface area contributed by atoms with Crippen LogP contribution in [0.3, 0.4) is 0 Å². The first kappa shape index (κ1) is 17.7. The highest BCUT2D eigenvalue weighted by Crippen LogP contribution is 2.39. The lowest BCUT2D eigenvalue weighted by atomic mass is 9.74. The summed E-state index contributed by atoms with van der Waals surface area (Å²) in [6, 6.07) is 0. The Balaban J connectivity index is 1.37. The molecule has 3 fully saturated rings. The van der Waals surface area contributed by atoms with Gasteiger partial charge in [0.25, 0.3) is 0 Å². The average Bonchev–Trinajstić information content (AvgIpc) is 2.63. The van der Waals surface area contributed by atoms with Crippen molar-refractivity contribution >= 4 is 0 Å². The Morgan fingerprint density at radius 2 is 1.22 bits per heavy atom. The zero-order chi connectivity index (χ0) is 16.1. The van der Waals surface area contributed by atoms with Gasteiger partial charge in [0, 0.05) is 11.8 Å². The maximum absolute atomic E-state index is 6.20. The van der Waals surface area contributed by atoms with Crippen molar-refractivity contribution < 1.29 is 9.47 Å². The molecule has 0 N–H and O–H groups in total. The van der Waals surface area contributed by atoms with Crippen LogP contribution in [0.1, 0.15) is 84.5 Å². The van der Waals surface area contributed by atoms with Gasteiger partial charge in [-0.2, -0.15) is 0 Å². The molecule has 23 heavy (non-hydrogen) atoms. The van der Waals surface area contributed by atoms with Gasteiger partial charge in [-0.1, -0.05) is 58.8 Å². The molecule has 0 spiro atoms. The standard InChI is InChI=1S/C21H38O2/c1-3-5-17-8-10-18(11-9-17)20-14-22-21(23-15-20)19-12-6-16(4-2)7-13-19/h16-21H,3-15H2,1-2H3. The molecule has 1 heterocycles. The molecule has 2 aliphatic carbocycles. The van der Waals surface area contributed by atoms with Crippen LogP contribution in [-0.2, 0) is 9.47 Å². The van der Waals surface area contributed by atoms with Crippen molar-refractivity contribution in [2.45, 2.75) is 90.8 Å². The molecule has 1 saturated heterocycles. The lowest BCUT2D eigenvalue weighted by Crippen LogP contribution is -2.41. The van der Waals surface area contributed by atoms with Gasteiger partial charge in [0.05, 0.1) is 13.2 Å². The summed E-state index contributed by atoms with van der Waals surface area (Å²) in [5, 5.41) is 0. The third kappa shape index (κ3) is 4.72. The van der Waals surface area contributed by atoms with Gasteiger partial charge in [-0.15, -0.1) is 0 Å². The molecule has 0 aromatic rings. The minimum absolute atomic E-state index is 0.112. The minimum Gasteiger partial charge on any atom is -0.352 e. The highest BCUT2D eigenvalue weighted by molar-refractivity contribution is 4.81. The van der Waals surface area contributed by atoms with E-state index in [1.54, 1.807) is 0 Å². The second kappa shape index (κ2) is 8.85. The molecule has 0 aromatic heterocycles. The fourth-order valence-corrected chi connectivity index (χ4v) is 5.30. The van der Waals surface area contributed by atoms with Crippen molar-refractivity contribution in [1.82, 2.24) is 0 Å². The van der Waals surface area contributed by atoms with E-state index in [9.17, 15) is 0 Å². The van der Waals surface area contributed by atoms with Crippen molar-refractivity contribution in [3.63, 3.8) is 0 Å². The zero-order valence-corrected chi connectivity index (χ0v) is 15.5. The summed E-state index contributed by atoms with van der Waals surface area (Å²) >= 11 is 0. The van der Waals surface area contributed by atoms with Crippen molar-refractivity contribution in [1.29, 1.82) is 0 Å². The quantitative estimate of drug-likeness (QED) is 0.637. The van der Waals surface area contributed by atoms with E-state index in [2.05, 4.69) is 13.8 Å². The molecule has 0 radical (unpaired) electrons. The van der Waals surface area contributed by atoms with E-state index in [0.717, 1.165) is 31.0 Å². The fraction of sp³-hybridized carbons (Fsp3) is 1.00. The van der Waals surface area contributed by atoms with E-state index < -0.39 is 0 Å². The van der Waals surface area contributed by atoms with E-state index in [-0.39, 0.29) is 6.29 Å². The van der Waals surface area contributed by atoms with E-state index in [1.807, 2.05) is 0 Å². The highest BCUT2D eigenvalue weighted by atomic mass is 16.7. The third-order valence-electron chi connectivity index (χ3n) is 7.06. The largest absolute Gasteiger partial charge is 0.352 e. The van der Waals surface area contributed by atoms with Crippen LogP contribution >= 0.6 is 0 Å². The van der Waals surface area contributed by atoms with E-state index in [0.29, 0.717) is 11.8 Å². The Bertz CT molecular complexity index is 319. The molecule has 0 amide bonds. The lowest BCUT2D eigenvalue weighted by Gasteiger charge is -2.41. The van der Waals surface area contributed by atoms with Crippen LogP contribution in [0.25, 0.3) is 0 Å². The van der Waals surface area contributed by atoms with Crippen LogP contribution in [0, 0.1) is 29.6 Å². The maximum atomic E-state index is 6.20. The van der Waals surface area contributed by atoms with Gasteiger partial charge in [-0.05, 0) is 43.4 Å². The van der Waals surface area contributed by atoms with E-state index in [1.165, 1.54) is 70.6 Å². The molecule has 3 aliphatic rings. The number of hydrogen-bond acceptors (Lipinski definition) is 2. The van der Waals surface area contributed by atoms with Gasteiger partial charge in [0.1, 0.15) is 0 Å². The third-order valence-corrected chi connectivity index (χ3v) is 7.06. The van der Waals surface area contributed by atoms with Crippen LogP contribution in [0.4, 0.5) is 0 Å². The molecule has 1 aliphatic heterocycles. The van der Waals surface area contributed by atoms with Crippen molar-refractivity contribution in [2.24, 2.45) is 29.6 Å². The van der Waals surface area contributed by atoms with Gasteiger partial charge < -0.3 is 9.47 Å². The summed E-state index contributed by atoms with van der Waals surface area (Å²) in [5.41, 5.74) is 0. The molecule has 134 valence electrons. The van der Waals surface area contributed by atoms with Gasteiger partial charge in [-0.25, -0.2) is 0 Å². The van der Waals surface area contributed by atoms with Crippen molar-refractivity contribution in [3.05, 3.63) is 0 Å². The Morgan fingerprint density at radius 1 is 0.652 bits per heavy atom.